The second-order valence-electron chi connectivity index (χ2n) is 8.37. The van der Waals surface area contributed by atoms with Crippen molar-refractivity contribution in [3.05, 3.63) is 0 Å². The lowest BCUT2D eigenvalue weighted by Gasteiger charge is -2.08. The Labute approximate surface area is 202 Å². The van der Waals surface area contributed by atoms with E-state index in [1.165, 1.54) is 83.5 Å². The van der Waals surface area contributed by atoms with Gasteiger partial charge in [-0.3, -0.25) is 4.52 Å². The van der Waals surface area contributed by atoms with Crippen molar-refractivity contribution >= 4 is 7.82 Å². The van der Waals surface area contributed by atoms with Crippen LogP contribution in [-0.2, 0) is 28.0 Å². The van der Waals surface area contributed by atoms with Crippen LogP contribution in [0.15, 0.2) is 0 Å². The summed E-state index contributed by atoms with van der Waals surface area (Å²) < 4.78 is 36.2. The van der Waals surface area contributed by atoms with Gasteiger partial charge in [0.25, 0.3) is 0 Å². The first-order valence-corrected chi connectivity index (χ1v) is 14.6. The Morgan fingerprint density at radius 1 is 0.455 bits per heavy atom. The summed E-state index contributed by atoms with van der Waals surface area (Å²) in [7, 11) is -4.40. The molecule has 0 aromatic rings. The molecule has 0 amide bonds. The topological polar surface area (TPSA) is 104 Å². The summed E-state index contributed by atoms with van der Waals surface area (Å²) in [5.41, 5.74) is 0. The van der Waals surface area contributed by atoms with Crippen LogP contribution in [0.25, 0.3) is 0 Å². The molecule has 0 rings (SSSR count). The summed E-state index contributed by atoms with van der Waals surface area (Å²) in [6, 6.07) is 0. The van der Waals surface area contributed by atoms with Gasteiger partial charge in [-0.1, -0.05) is 90.4 Å². The molecule has 0 aromatic carbocycles. The van der Waals surface area contributed by atoms with Crippen molar-refractivity contribution in [3.8, 4) is 0 Å². The van der Waals surface area contributed by atoms with E-state index in [1.54, 1.807) is 0 Å². The molecule has 0 spiro atoms. The standard InChI is InChI=1S/C24H51O8P/c1-2-3-4-5-6-7-8-9-10-11-12-13-14-15-16-28-17-18-29-19-20-30-21-22-31-23-24-32-33(25,26)27/h2-24H2,1H3,(H2,25,26,27). The summed E-state index contributed by atoms with van der Waals surface area (Å²) >= 11 is 0. The van der Waals surface area contributed by atoms with E-state index in [2.05, 4.69) is 11.4 Å². The second-order valence-corrected chi connectivity index (χ2v) is 9.61. The van der Waals surface area contributed by atoms with Crippen molar-refractivity contribution in [1.82, 2.24) is 0 Å². The maximum absolute atomic E-state index is 10.4. The van der Waals surface area contributed by atoms with Crippen molar-refractivity contribution in [1.29, 1.82) is 0 Å². The monoisotopic (exact) mass is 498 g/mol. The second kappa shape index (κ2) is 26.6. The third-order valence-electron chi connectivity index (χ3n) is 5.25. The first-order chi connectivity index (χ1) is 16.1. The number of phosphoric ester groups is 1. The van der Waals surface area contributed by atoms with Crippen LogP contribution in [0.4, 0.5) is 0 Å². The minimum Gasteiger partial charge on any atom is -0.379 e. The van der Waals surface area contributed by atoms with Crippen molar-refractivity contribution in [2.45, 2.75) is 96.8 Å². The average molecular weight is 499 g/mol. The predicted molar refractivity (Wildman–Crippen MR) is 132 cm³/mol. The largest absolute Gasteiger partial charge is 0.469 e. The number of phosphoric acid groups is 1. The maximum atomic E-state index is 10.4. The van der Waals surface area contributed by atoms with Crippen LogP contribution in [-0.4, -0.2) is 69.2 Å². The van der Waals surface area contributed by atoms with Gasteiger partial charge in [-0.2, -0.15) is 0 Å². The van der Waals surface area contributed by atoms with Gasteiger partial charge in [0.2, 0.25) is 0 Å². The van der Waals surface area contributed by atoms with E-state index in [0.717, 1.165) is 13.0 Å². The molecule has 33 heavy (non-hydrogen) atoms. The molecule has 0 radical (unpaired) electrons. The summed E-state index contributed by atoms with van der Waals surface area (Å²) in [4.78, 5) is 17.0. The van der Waals surface area contributed by atoms with E-state index in [-0.39, 0.29) is 13.2 Å². The van der Waals surface area contributed by atoms with Gasteiger partial charge in [0.05, 0.1) is 52.9 Å². The van der Waals surface area contributed by atoms with Crippen molar-refractivity contribution < 1.29 is 37.8 Å². The lowest BCUT2D eigenvalue weighted by Crippen LogP contribution is -2.13. The molecule has 200 valence electrons. The minimum atomic E-state index is -4.40. The van der Waals surface area contributed by atoms with E-state index in [4.69, 9.17) is 28.7 Å². The fourth-order valence-corrected chi connectivity index (χ4v) is 3.69. The van der Waals surface area contributed by atoms with Gasteiger partial charge >= 0.3 is 7.82 Å². The van der Waals surface area contributed by atoms with Crippen LogP contribution in [0.5, 0.6) is 0 Å². The Kier molecular flexibility index (Phi) is 26.5. The van der Waals surface area contributed by atoms with Gasteiger partial charge in [0, 0.05) is 6.61 Å². The molecule has 0 aliphatic rings. The zero-order valence-electron chi connectivity index (χ0n) is 21.1. The molecule has 0 saturated carbocycles. The number of hydrogen-bond acceptors (Lipinski definition) is 6. The SMILES string of the molecule is CCCCCCCCCCCCCCCCOCCOCCOCCOCCOP(=O)(O)O. The molecule has 0 aliphatic heterocycles. The highest BCUT2D eigenvalue weighted by atomic mass is 31.2. The van der Waals surface area contributed by atoms with Crippen LogP contribution in [0.3, 0.4) is 0 Å². The molecule has 0 fully saturated rings. The van der Waals surface area contributed by atoms with E-state index >= 15 is 0 Å². The van der Waals surface area contributed by atoms with Gasteiger partial charge in [0.15, 0.2) is 0 Å². The number of unbranched alkanes of at least 4 members (excludes halogenated alkanes) is 13. The molecule has 0 heterocycles. The number of ether oxygens (including phenoxy) is 4. The van der Waals surface area contributed by atoms with Gasteiger partial charge in [0.1, 0.15) is 0 Å². The molecule has 0 atom stereocenters. The highest BCUT2D eigenvalue weighted by Crippen LogP contribution is 2.35. The number of rotatable bonds is 28. The normalized spacial score (nSPS) is 12.0. The van der Waals surface area contributed by atoms with Crippen molar-refractivity contribution in [2.24, 2.45) is 0 Å². The highest BCUT2D eigenvalue weighted by Gasteiger charge is 2.12. The van der Waals surface area contributed by atoms with E-state index in [0.29, 0.717) is 39.6 Å². The Balaban J connectivity index is 3.03. The molecule has 8 nitrogen and oxygen atoms in total. The van der Waals surface area contributed by atoms with Crippen LogP contribution >= 0.6 is 7.82 Å². The molecular formula is C24H51O8P. The maximum Gasteiger partial charge on any atom is 0.469 e. The Hall–Kier alpha value is -0.0500. The molecular weight excluding hydrogens is 447 g/mol. The summed E-state index contributed by atoms with van der Waals surface area (Å²) in [5, 5.41) is 0. The molecule has 0 unspecified atom stereocenters. The van der Waals surface area contributed by atoms with Gasteiger partial charge in [-0.05, 0) is 6.42 Å². The zero-order valence-corrected chi connectivity index (χ0v) is 21.9. The lowest BCUT2D eigenvalue weighted by molar-refractivity contribution is -0.00578. The zero-order chi connectivity index (χ0) is 24.3. The lowest BCUT2D eigenvalue weighted by atomic mass is 10.0. The van der Waals surface area contributed by atoms with E-state index in [1.807, 2.05) is 0 Å². The summed E-state index contributed by atoms with van der Waals surface area (Å²) in [6.45, 7) is 5.94. The highest BCUT2D eigenvalue weighted by molar-refractivity contribution is 7.46. The molecule has 0 saturated heterocycles. The van der Waals surface area contributed by atoms with Gasteiger partial charge < -0.3 is 28.7 Å². The van der Waals surface area contributed by atoms with Gasteiger partial charge in [-0.25, -0.2) is 4.57 Å². The van der Waals surface area contributed by atoms with Crippen LogP contribution in [0.2, 0.25) is 0 Å². The molecule has 9 heteroatoms. The van der Waals surface area contributed by atoms with E-state index < -0.39 is 7.82 Å². The fourth-order valence-electron chi connectivity index (χ4n) is 3.38. The molecule has 0 aromatic heterocycles. The van der Waals surface area contributed by atoms with Crippen molar-refractivity contribution in [3.63, 3.8) is 0 Å². The summed E-state index contributed by atoms with van der Waals surface area (Å²) in [6.07, 6.45) is 19.1. The number of hydrogen-bond donors (Lipinski definition) is 2. The Morgan fingerprint density at radius 2 is 0.758 bits per heavy atom. The minimum absolute atomic E-state index is 0.113. The van der Waals surface area contributed by atoms with Crippen molar-refractivity contribution in [2.75, 3.05) is 59.5 Å². The van der Waals surface area contributed by atoms with Gasteiger partial charge in [-0.15, -0.1) is 0 Å². The smallest absolute Gasteiger partial charge is 0.379 e. The Morgan fingerprint density at radius 3 is 1.12 bits per heavy atom. The first-order valence-electron chi connectivity index (χ1n) is 13.1. The molecule has 2 N–H and O–H groups in total. The quantitative estimate of drug-likeness (QED) is 0.105. The third-order valence-corrected chi connectivity index (χ3v) is 5.76. The third kappa shape index (κ3) is 32.0. The summed E-state index contributed by atoms with van der Waals surface area (Å²) in [5.74, 6) is 0. The molecule has 0 aliphatic carbocycles. The fraction of sp³-hybridized carbons (Fsp3) is 1.00. The van der Waals surface area contributed by atoms with Crippen LogP contribution in [0.1, 0.15) is 96.8 Å². The van der Waals surface area contributed by atoms with Crippen LogP contribution < -0.4 is 0 Å². The average Bonchev–Trinajstić information content (AvgIpc) is 2.78. The van der Waals surface area contributed by atoms with E-state index in [9.17, 15) is 4.57 Å². The predicted octanol–water partition coefficient (Wildman–Crippen LogP) is 5.64. The first kappa shape index (κ1) is 33.0. The molecule has 0 bridgehead atoms. The van der Waals surface area contributed by atoms with Crippen LogP contribution in [0, 0.1) is 0 Å². The Bertz CT molecular complexity index is 419.